The van der Waals surface area contributed by atoms with E-state index in [9.17, 15) is 14.4 Å². The van der Waals surface area contributed by atoms with Crippen molar-refractivity contribution in [2.24, 2.45) is 0 Å². The molecule has 0 saturated carbocycles. The minimum Gasteiger partial charge on any atom is -0.494 e. The van der Waals surface area contributed by atoms with Crippen molar-refractivity contribution in [3.05, 3.63) is 59.7 Å². The summed E-state index contributed by atoms with van der Waals surface area (Å²) in [5.41, 5.74) is 1.62. The number of hydrogen-bond donors (Lipinski definition) is 1. The van der Waals surface area contributed by atoms with Gasteiger partial charge in [-0.25, -0.2) is 4.79 Å². The summed E-state index contributed by atoms with van der Waals surface area (Å²) in [6, 6.07) is 13.3. The third kappa shape index (κ3) is 6.47. The molecule has 2 aromatic carbocycles. The van der Waals surface area contributed by atoms with Crippen LogP contribution in [-0.2, 0) is 25.5 Å². The van der Waals surface area contributed by atoms with Gasteiger partial charge >= 0.3 is 11.9 Å². The number of esters is 2. The van der Waals surface area contributed by atoms with Gasteiger partial charge in [0.05, 0.1) is 25.7 Å². The third-order valence-corrected chi connectivity index (χ3v) is 3.54. The predicted octanol–water partition coefficient (Wildman–Crippen LogP) is 2.60. The van der Waals surface area contributed by atoms with Crippen LogP contribution in [0.4, 0.5) is 5.69 Å². The van der Waals surface area contributed by atoms with Gasteiger partial charge in [0, 0.05) is 5.69 Å². The molecule has 0 radical (unpaired) electrons. The molecule has 0 unspecified atom stereocenters. The number of amides is 1. The first-order valence-electron chi connectivity index (χ1n) is 8.37. The third-order valence-electron chi connectivity index (χ3n) is 3.54. The Balaban J connectivity index is 1.77. The summed E-state index contributed by atoms with van der Waals surface area (Å²) in [7, 11) is 1.29. The number of ether oxygens (including phenoxy) is 3. The van der Waals surface area contributed by atoms with Crippen molar-refractivity contribution < 1.29 is 28.6 Å². The summed E-state index contributed by atoms with van der Waals surface area (Å²) in [5, 5.41) is 2.58. The lowest BCUT2D eigenvalue weighted by molar-refractivity contribution is -0.146. The van der Waals surface area contributed by atoms with Crippen LogP contribution in [0.1, 0.15) is 22.8 Å². The number of anilines is 1. The second-order valence-corrected chi connectivity index (χ2v) is 5.53. The van der Waals surface area contributed by atoms with Crippen LogP contribution < -0.4 is 10.1 Å². The largest absolute Gasteiger partial charge is 0.494 e. The standard InChI is InChI=1S/C20H21NO6/c1-3-26-17-10-4-14(5-11-17)12-19(23)27-13-18(22)21-16-8-6-15(7-9-16)20(24)25-2/h4-11H,3,12-13H2,1-2H3,(H,21,22). The molecule has 0 bridgehead atoms. The van der Waals surface area contributed by atoms with Crippen LogP contribution in [0.25, 0.3) is 0 Å². The normalized spacial score (nSPS) is 10.0. The van der Waals surface area contributed by atoms with E-state index in [0.717, 1.165) is 11.3 Å². The molecule has 27 heavy (non-hydrogen) atoms. The maximum absolute atomic E-state index is 11.9. The van der Waals surface area contributed by atoms with Crippen LogP contribution in [-0.4, -0.2) is 38.2 Å². The van der Waals surface area contributed by atoms with Gasteiger partial charge in [-0.15, -0.1) is 0 Å². The Labute approximate surface area is 157 Å². The van der Waals surface area contributed by atoms with Gasteiger partial charge in [-0.1, -0.05) is 12.1 Å². The van der Waals surface area contributed by atoms with Crippen molar-refractivity contribution >= 4 is 23.5 Å². The molecule has 0 aliphatic carbocycles. The fourth-order valence-electron chi connectivity index (χ4n) is 2.24. The van der Waals surface area contributed by atoms with Crippen LogP contribution >= 0.6 is 0 Å². The van der Waals surface area contributed by atoms with Gasteiger partial charge in [0.2, 0.25) is 0 Å². The summed E-state index contributed by atoms with van der Waals surface area (Å²) in [6.07, 6.45) is 0.0630. The molecule has 142 valence electrons. The number of rotatable bonds is 8. The highest BCUT2D eigenvalue weighted by Crippen LogP contribution is 2.13. The monoisotopic (exact) mass is 371 g/mol. The first-order chi connectivity index (χ1) is 13.0. The van der Waals surface area contributed by atoms with E-state index in [4.69, 9.17) is 9.47 Å². The Hall–Kier alpha value is -3.35. The van der Waals surface area contributed by atoms with E-state index in [1.165, 1.54) is 19.2 Å². The summed E-state index contributed by atoms with van der Waals surface area (Å²) >= 11 is 0. The first-order valence-corrected chi connectivity index (χ1v) is 8.37. The van der Waals surface area contributed by atoms with Crippen LogP contribution in [0.5, 0.6) is 5.75 Å². The van der Waals surface area contributed by atoms with Gasteiger partial charge in [0.15, 0.2) is 6.61 Å². The molecule has 0 saturated heterocycles. The van der Waals surface area contributed by atoms with E-state index in [1.54, 1.807) is 36.4 Å². The van der Waals surface area contributed by atoms with Crippen LogP contribution in [0, 0.1) is 0 Å². The molecule has 0 atom stereocenters. The SMILES string of the molecule is CCOc1ccc(CC(=O)OCC(=O)Nc2ccc(C(=O)OC)cc2)cc1. The van der Waals surface area contributed by atoms with Crippen molar-refractivity contribution in [2.45, 2.75) is 13.3 Å². The fraction of sp³-hybridized carbons (Fsp3) is 0.250. The lowest BCUT2D eigenvalue weighted by Crippen LogP contribution is -2.21. The fourth-order valence-corrected chi connectivity index (χ4v) is 2.24. The Morgan fingerprint density at radius 3 is 2.22 bits per heavy atom. The van der Waals surface area contributed by atoms with Crippen molar-refractivity contribution in [2.75, 3.05) is 25.6 Å². The predicted molar refractivity (Wildman–Crippen MR) is 98.7 cm³/mol. The number of carbonyl (C=O) groups is 3. The highest BCUT2D eigenvalue weighted by atomic mass is 16.5. The van der Waals surface area contributed by atoms with Crippen molar-refractivity contribution in [1.82, 2.24) is 0 Å². The Morgan fingerprint density at radius 1 is 0.963 bits per heavy atom. The second-order valence-electron chi connectivity index (χ2n) is 5.53. The summed E-state index contributed by atoms with van der Waals surface area (Å²) in [5.74, 6) is -0.709. The number of benzene rings is 2. The minimum atomic E-state index is -0.504. The topological polar surface area (TPSA) is 90.9 Å². The number of nitrogens with one attached hydrogen (secondary N) is 1. The van der Waals surface area contributed by atoms with Crippen LogP contribution in [0.3, 0.4) is 0 Å². The lowest BCUT2D eigenvalue weighted by Gasteiger charge is -2.08. The Kier molecular flexibility index (Phi) is 7.37. The molecule has 0 heterocycles. The van der Waals surface area contributed by atoms with E-state index >= 15 is 0 Å². The van der Waals surface area contributed by atoms with Crippen molar-refractivity contribution in [3.8, 4) is 5.75 Å². The summed E-state index contributed by atoms with van der Waals surface area (Å²) in [6.45, 7) is 2.07. The zero-order valence-electron chi connectivity index (χ0n) is 15.2. The summed E-state index contributed by atoms with van der Waals surface area (Å²) in [4.78, 5) is 35.1. The van der Waals surface area contributed by atoms with E-state index in [1.807, 2.05) is 6.92 Å². The molecule has 2 aromatic rings. The van der Waals surface area contributed by atoms with Crippen molar-refractivity contribution in [1.29, 1.82) is 0 Å². The molecule has 0 aromatic heterocycles. The number of methoxy groups -OCH3 is 1. The highest BCUT2D eigenvalue weighted by Gasteiger charge is 2.10. The lowest BCUT2D eigenvalue weighted by atomic mass is 10.1. The number of hydrogen-bond acceptors (Lipinski definition) is 6. The van der Waals surface area contributed by atoms with Gasteiger partial charge in [-0.2, -0.15) is 0 Å². The highest BCUT2D eigenvalue weighted by molar-refractivity contribution is 5.94. The molecule has 0 aliphatic heterocycles. The molecular formula is C20H21NO6. The molecule has 7 heteroatoms. The summed E-state index contributed by atoms with van der Waals surface area (Å²) < 4.78 is 14.9. The average molecular weight is 371 g/mol. The van der Waals surface area contributed by atoms with E-state index in [0.29, 0.717) is 17.9 Å². The molecule has 1 amide bonds. The average Bonchev–Trinajstić information content (AvgIpc) is 2.68. The molecular weight excluding hydrogens is 350 g/mol. The van der Waals surface area contributed by atoms with E-state index < -0.39 is 24.5 Å². The molecule has 1 N–H and O–H groups in total. The zero-order valence-corrected chi connectivity index (χ0v) is 15.2. The maximum Gasteiger partial charge on any atom is 0.337 e. The van der Waals surface area contributed by atoms with Crippen molar-refractivity contribution in [3.63, 3.8) is 0 Å². The second kappa shape index (κ2) is 9.96. The van der Waals surface area contributed by atoms with Gasteiger partial charge in [0.1, 0.15) is 5.75 Å². The van der Waals surface area contributed by atoms with Gasteiger partial charge in [-0.3, -0.25) is 9.59 Å². The van der Waals surface area contributed by atoms with Gasteiger partial charge in [0.25, 0.3) is 5.91 Å². The van der Waals surface area contributed by atoms with Crippen LogP contribution in [0.2, 0.25) is 0 Å². The Morgan fingerprint density at radius 2 is 1.63 bits per heavy atom. The van der Waals surface area contributed by atoms with Crippen LogP contribution in [0.15, 0.2) is 48.5 Å². The number of carbonyl (C=O) groups excluding carboxylic acids is 3. The molecule has 0 fully saturated rings. The van der Waals surface area contributed by atoms with Gasteiger partial charge < -0.3 is 19.5 Å². The Bertz CT molecular complexity index is 783. The first kappa shape index (κ1) is 20.0. The molecule has 0 spiro atoms. The minimum absolute atomic E-state index is 0.0630. The van der Waals surface area contributed by atoms with E-state index in [2.05, 4.69) is 10.1 Å². The molecule has 7 nitrogen and oxygen atoms in total. The quantitative estimate of drug-likeness (QED) is 0.717. The smallest absolute Gasteiger partial charge is 0.337 e. The maximum atomic E-state index is 11.9. The molecule has 2 rings (SSSR count). The van der Waals surface area contributed by atoms with E-state index in [-0.39, 0.29) is 6.42 Å². The van der Waals surface area contributed by atoms with Gasteiger partial charge in [-0.05, 0) is 48.9 Å². The zero-order chi connectivity index (χ0) is 19.6. The molecule has 0 aliphatic rings.